The van der Waals surface area contributed by atoms with E-state index in [-0.39, 0.29) is 17.2 Å². The molecule has 0 radical (unpaired) electrons. The number of fused-ring (bicyclic) bond motifs is 1. The molecule has 34 heavy (non-hydrogen) atoms. The SMILES string of the molecule is CCn1c(CCC(=O)Nc2ccc(N3CCOCC3)cc2)nc2cc(S(=O)(=O)N(C)C)ccc21. The molecular formula is C24H31N5O4S. The van der Waals surface area contributed by atoms with Crippen LogP contribution in [0.4, 0.5) is 11.4 Å². The predicted octanol–water partition coefficient (Wildman–Crippen LogP) is 2.71. The summed E-state index contributed by atoms with van der Waals surface area (Å²) in [6.45, 7) is 5.88. The molecule has 1 aliphatic rings. The molecule has 3 aromatic rings. The molecule has 0 bridgehead atoms. The van der Waals surface area contributed by atoms with E-state index in [9.17, 15) is 13.2 Å². The van der Waals surface area contributed by atoms with Crippen LogP contribution in [0, 0.1) is 0 Å². The van der Waals surface area contributed by atoms with Gasteiger partial charge < -0.3 is 19.5 Å². The second kappa shape index (κ2) is 10.1. The van der Waals surface area contributed by atoms with Crippen LogP contribution in [0.5, 0.6) is 0 Å². The molecule has 4 rings (SSSR count). The van der Waals surface area contributed by atoms with Gasteiger partial charge in [-0.2, -0.15) is 0 Å². The van der Waals surface area contributed by atoms with E-state index < -0.39 is 10.0 Å². The van der Waals surface area contributed by atoms with Gasteiger partial charge in [-0.25, -0.2) is 17.7 Å². The minimum absolute atomic E-state index is 0.0929. The first-order valence-electron chi connectivity index (χ1n) is 11.4. The third-order valence-electron chi connectivity index (χ3n) is 6.00. The van der Waals surface area contributed by atoms with Gasteiger partial charge in [0.15, 0.2) is 0 Å². The second-order valence-corrected chi connectivity index (χ2v) is 10.6. The van der Waals surface area contributed by atoms with Gasteiger partial charge in [-0.1, -0.05) is 0 Å². The van der Waals surface area contributed by atoms with Crippen molar-refractivity contribution in [1.82, 2.24) is 13.9 Å². The van der Waals surface area contributed by atoms with E-state index >= 15 is 0 Å². The number of aryl methyl sites for hydroxylation is 2. The highest BCUT2D eigenvalue weighted by molar-refractivity contribution is 7.89. The van der Waals surface area contributed by atoms with E-state index in [0.717, 1.165) is 49.0 Å². The third kappa shape index (κ3) is 5.08. The zero-order valence-corrected chi connectivity index (χ0v) is 20.6. The first-order chi connectivity index (χ1) is 16.3. The van der Waals surface area contributed by atoms with Crippen molar-refractivity contribution in [1.29, 1.82) is 0 Å². The van der Waals surface area contributed by atoms with Crippen molar-refractivity contribution < 1.29 is 17.9 Å². The van der Waals surface area contributed by atoms with E-state index in [4.69, 9.17) is 4.74 Å². The zero-order valence-electron chi connectivity index (χ0n) is 19.8. The van der Waals surface area contributed by atoms with E-state index in [0.29, 0.717) is 18.5 Å². The van der Waals surface area contributed by atoms with Gasteiger partial charge in [0.2, 0.25) is 15.9 Å². The van der Waals surface area contributed by atoms with Gasteiger partial charge >= 0.3 is 0 Å². The van der Waals surface area contributed by atoms with Crippen molar-refractivity contribution in [3.05, 3.63) is 48.3 Å². The van der Waals surface area contributed by atoms with Crippen LogP contribution in [0.2, 0.25) is 0 Å². The first-order valence-corrected chi connectivity index (χ1v) is 12.9. The van der Waals surface area contributed by atoms with Gasteiger partial charge in [-0.3, -0.25) is 4.79 Å². The van der Waals surface area contributed by atoms with Crippen LogP contribution >= 0.6 is 0 Å². The molecule has 2 heterocycles. The minimum Gasteiger partial charge on any atom is -0.378 e. The first kappa shape index (κ1) is 24.2. The predicted molar refractivity (Wildman–Crippen MR) is 133 cm³/mol. The maximum absolute atomic E-state index is 12.6. The second-order valence-electron chi connectivity index (χ2n) is 8.40. The van der Waals surface area contributed by atoms with E-state index in [1.165, 1.54) is 18.4 Å². The lowest BCUT2D eigenvalue weighted by Gasteiger charge is -2.28. The molecule has 1 aliphatic heterocycles. The number of hydrogen-bond acceptors (Lipinski definition) is 6. The number of hydrogen-bond donors (Lipinski definition) is 1. The lowest BCUT2D eigenvalue weighted by molar-refractivity contribution is -0.116. The van der Waals surface area contributed by atoms with Crippen LogP contribution in [-0.2, 0) is 32.5 Å². The number of ether oxygens (including phenoxy) is 1. The number of sulfonamides is 1. The van der Waals surface area contributed by atoms with Crippen molar-refractivity contribution >= 4 is 38.3 Å². The monoisotopic (exact) mass is 485 g/mol. The van der Waals surface area contributed by atoms with E-state index in [1.807, 2.05) is 35.8 Å². The zero-order chi connectivity index (χ0) is 24.3. The Morgan fingerprint density at radius 3 is 2.47 bits per heavy atom. The number of amides is 1. The average Bonchev–Trinajstić information content (AvgIpc) is 3.20. The van der Waals surface area contributed by atoms with E-state index in [2.05, 4.69) is 15.2 Å². The molecule has 9 nitrogen and oxygen atoms in total. The number of aromatic nitrogens is 2. The van der Waals surface area contributed by atoms with Gasteiger partial charge in [-0.15, -0.1) is 0 Å². The molecule has 2 aromatic carbocycles. The third-order valence-corrected chi connectivity index (χ3v) is 7.81. The van der Waals surface area contributed by atoms with Gasteiger partial charge in [-0.05, 0) is 49.4 Å². The topological polar surface area (TPSA) is 96.8 Å². The highest BCUT2D eigenvalue weighted by atomic mass is 32.2. The lowest BCUT2D eigenvalue weighted by Crippen LogP contribution is -2.36. The summed E-state index contributed by atoms with van der Waals surface area (Å²) in [5, 5.41) is 2.95. The Kier molecular flexibility index (Phi) is 7.20. The Morgan fingerprint density at radius 1 is 1.12 bits per heavy atom. The quantitative estimate of drug-likeness (QED) is 0.527. The maximum Gasteiger partial charge on any atom is 0.242 e. The summed E-state index contributed by atoms with van der Waals surface area (Å²) in [7, 11) is -0.530. The lowest BCUT2D eigenvalue weighted by atomic mass is 10.2. The Bertz CT molecular complexity index is 1260. The van der Waals surface area contributed by atoms with Crippen LogP contribution in [0.25, 0.3) is 11.0 Å². The Morgan fingerprint density at radius 2 is 1.82 bits per heavy atom. The van der Waals surface area contributed by atoms with Crippen LogP contribution in [0.15, 0.2) is 47.4 Å². The summed E-state index contributed by atoms with van der Waals surface area (Å²) in [5.74, 6) is 0.666. The maximum atomic E-state index is 12.6. The number of carbonyl (C=O) groups excluding carboxylic acids is 1. The van der Waals surface area contributed by atoms with Gasteiger partial charge in [0, 0.05) is 57.9 Å². The number of benzene rings is 2. The Hall–Kier alpha value is -2.95. The normalized spacial score (nSPS) is 14.6. The Balaban J connectivity index is 1.42. The molecule has 1 saturated heterocycles. The summed E-state index contributed by atoms with van der Waals surface area (Å²) in [5.41, 5.74) is 3.34. The molecule has 0 atom stereocenters. The van der Waals surface area contributed by atoms with Crippen molar-refractivity contribution in [3.63, 3.8) is 0 Å². The van der Waals surface area contributed by atoms with E-state index in [1.54, 1.807) is 18.2 Å². The highest BCUT2D eigenvalue weighted by Crippen LogP contribution is 2.23. The summed E-state index contributed by atoms with van der Waals surface area (Å²) in [4.78, 5) is 19.7. The summed E-state index contributed by atoms with van der Waals surface area (Å²) in [6, 6.07) is 12.8. The minimum atomic E-state index is -3.54. The molecular weight excluding hydrogens is 454 g/mol. The number of imidazole rings is 1. The van der Waals surface area contributed by atoms with Crippen molar-refractivity contribution in [2.24, 2.45) is 0 Å². The van der Waals surface area contributed by atoms with Gasteiger partial charge in [0.25, 0.3) is 0 Å². The smallest absolute Gasteiger partial charge is 0.242 e. The highest BCUT2D eigenvalue weighted by Gasteiger charge is 2.20. The molecule has 182 valence electrons. The fraction of sp³-hybridized carbons (Fsp3) is 0.417. The molecule has 1 amide bonds. The van der Waals surface area contributed by atoms with Crippen LogP contribution in [-0.4, -0.2) is 68.6 Å². The molecule has 0 saturated carbocycles. The molecule has 0 unspecified atom stereocenters. The molecule has 0 aliphatic carbocycles. The van der Waals surface area contributed by atoms with Crippen LogP contribution in [0.1, 0.15) is 19.2 Å². The van der Waals surface area contributed by atoms with Crippen LogP contribution < -0.4 is 10.2 Å². The van der Waals surface area contributed by atoms with Gasteiger partial charge in [0.1, 0.15) is 5.82 Å². The van der Waals surface area contributed by atoms with Crippen molar-refractivity contribution in [2.45, 2.75) is 31.2 Å². The summed E-state index contributed by atoms with van der Waals surface area (Å²) in [6.07, 6.45) is 0.730. The fourth-order valence-corrected chi connectivity index (χ4v) is 5.02. The summed E-state index contributed by atoms with van der Waals surface area (Å²) >= 11 is 0. The molecule has 1 N–H and O–H groups in total. The number of anilines is 2. The molecule has 1 aromatic heterocycles. The molecule has 10 heteroatoms. The standard InChI is InChI=1S/C24H31N5O4S/c1-4-29-22-10-9-20(34(31,32)27(2)3)17-21(22)26-23(29)11-12-24(30)25-18-5-7-19(8-6-18)28-13-15-33-16-14-28/h5-10,17H,4,11-16H2,1-3H3,(H,25,30). The average molecular weight is 486 g/mol. The van der Waals surface area contributed by atoms with Gasteiger partial charge in [0.05, 0.1) is 29.1 Å². The molecule has 0 spiro atoms. The summed E-state index contributed by atoms with van der Waals surface area (Å²) < 4.78 is 33.5. The largest absolute Gasteiger partial charge is 0.378 e. The number of carbonyl (C=O) groups is 1. The fourth-order valence-electron chi connectivity index (χ4n) is 4.10. The number of morpholine rings is 1. The number of rotatable bonds is 8. The Labute approximate surface area is 200 Å². The van der Waals surface area contributed by atoms with Crippen molar-refractivity contribution in [3.8, 4) is 0 Å². The van der Waals surface area contributed by atoms with Crippen LogP contribution in [0.3, 0.4) is 0 Å². The number of nitrogens with one attached hydrogen (secondary N) is 1. The molecule has 1 fully saturated rings. The van der Waals surface area contributed by atoms with Crippen molar-refractivity contribution in [2.75, 3.05) is 50.6 Å². The number of nitrogens with zero attached hydrogens (tertiary/aromatic N) is 4.